The maximum atomic E-state index is 12.3. The van der Waals surface area contributed by atoms with E-state index in [1.807, 2.05) is 40.7 Å². The first-order chi connectivity index (χ1) is 10.6. The fourth-order valence-electron chi connectivity index (χ4n) is 2.76. The maximum absolute atomic E-state index is 12.3. The number of aromatic amines is 1. The summed E-state index contributed by atoms with van der Waals surface area (Å²) in [5.41, 5.74) is 1.36. The van der Waals surface area contributed by atoms with Gasteiger partial charge in [-0.15, -0.1) is 0 Å². The Morgan fingerprint density at radius 2 is 1.70 bits per heavy atom. The van der Waals surface area contributed by atoms with Gasteiger partial charge in [0.2, 0.25) is 0 Å². The molecular weight excluding hydrogens is 293 g/mol. The second kappa shape index (κ2) is 5.11. The smallest absolute Gasteiger partial charge is 0.497 e. The summed E-state index contributed by atoms with van der Waals surface area (Å²) in [6, 6.07) is 5.21. The molecule has 5 nitrogen and oxygen atoms in total. The summed E-state index contributed by atoms with van der Waals surface area (Å²) in [5.74, 6) is 0.636. The second-order valence-corrected chi connectivity index (χ2v) is 7.04. The van der Waals surface area contributed by atoms with Crippen molar-refractivity contribution < 1.29 is 14.0 Å². The zero-order valence-corrected chi connectivity index (χ0v) is 14.4. The third-order valence-corrected chi connectivity index (χ3v) is 4.82. The Morgan fingerprint density at radius 1 is 1.09 bits per heavy atom. The van der Waals surface area contributed by atoms with Gasteiger partial charge in [0.15, 0.2) is 5.43 Å². The monoisotopic (exact) mass is 315 g/mol. The van der Waals surface area contributed by atoms with Gasteiger partial charge in [-0.3, -0.25) is 4.79 Å². The topological polar surface area (TPSA) is 60.6 Å². The van der Waals surface area contributed by atoms with Crippen LogP contribution in [0.1, 0.15) is 33.4 Å². The standard InChI is InChI=1S/C17H22BNO4/c1-10-7-14(20)11-8-12(15(21-6)9-13(11)19-10)18-22-16(2,3)17(4,5)23-18/h7-9H,1-6H3,(H,19,20). The third kappa shape index (κ3) is 2.56. The van der Waals surface area contributed by atoms with Gasteiger partial charge in [0.1, 0.15) is 5.75 Å². The minimum Gasteiger partial charge on any atom is -0.497 e. The van der Waals surface area contributed by atoms with Crippen LogP contribution in [0.4, 0.5) is 0 Å². The van der Waals surface area contributed by atoms with Gasteiger partial charge in [-0.05, 0) is 40.7 Å². The molecule has 1 aliphatic heterocycles. The van der Waals surface area contributed by atoms with E-state index < -0.39 is 18.3 Å². The van der Waals surface area contributed by atoms with Crippen LogP contribution in [0.25, 0.3) is 10.9 Å². The second-order valence-electron chi connectivity index (χ2n) is 7.04. The van der Waals surface area contributed by atoms with Crippen LogP contribution >= 0.6 is 0 Å². The molecule has 6 heteroatoms. The van der Waals surface area contributed by atoms with E-state index in [-0.39, 0.29) is 5.43 Å². The molecular formula is C17H22BNO4. The van der Waals surface area contributed by atoms with Gasteiger partial charge in [-0.25, -0.2) is 0 Å². The number of fused-ring (bicyclic) bond motifs is 1. The van der Waals surface area contributed by atoms with Crippen molar-refractivity contribution in [2.24, 2.45) is 0 Å². The average Bonchev–Trinajstić information content (AvgIpc) is 2.65. The summed E-state index contributed by atoms with van der Waals surface area (Å²) >= 11 is 0. The number of aromatic nitrogens is 1. The molecule has 2 heterocycles. The molecule has 122 valence electrons. The first-order valence-electron chi connectivity index (χ1n) is 7.72. The van der Waals surface area contributed by atoms with Crippen LogP contribution in [0.2, 0.25) is 0 Å². The Morgan fingerprint density at radius 3 is 2.26 bits per heavy atom. The minimum atomic E-state index is -0.569. The van der Waals surface area contributed by atoms with Crippen molar-refractivity contribution in [3.8, 4) is 5.75 Å². The molecule has 0 unspecified atom stereocenters. The van der Waals surface area contributed by atoms with Gasteiger partial charge in [0, 0.05) is 28.7 Å². The van der Waals surface area contributed by atoms with Crippen molar-refractivity contribution in [2.45, 2.75) is 45.8 Å². The van der Waals surface area contributed by atoms with Crippen molar-refractivity contribution in [2.75, 3.05) is 7.11 Å². The fraction of sp³-hybridized carbons (Fsp3) is 0.471. The molecule has 1 fully saturated rings. The van der Waals surface area contributed by atoms with Gasteiger partial charge in [-0.1, -0.05) is 0 Å². The van der Waals surface area contributed by atoms with Crippen molar-refractivity contribution >= 4 is 23.5 Å². The highest BCUT2D eigenvalue weighted by Crippen LogP contribution is 2.37. The first-order valence-corrected chi connectivity index (χ1v) is 7.72. The number of pyridine rings is 1. The Labute approximate surface area is 136 Å². The SMILES string of the molecule is COc1cc2[nH]c(C)cc(=O)c2cc1B1OC(C)(C)C(C)(C)O1. The van der Waals surface area contributed by atoms with E-state index in [1.165, 1.54) is 0 Å². The summed E-state index contributed by atoms with van der Waals surface area (Å²) in [7, 11) is 1.03. The molecule has 23 heavy (non-hydrogen) atoms. The van der Waals surface area contributed by atoms with Gasteiger partial charge in [0.05, 0.1) is 23.8 Å². The Bertz CT molecular complexity index is 809. The van der Waals surface area contributed by atoms with Crippen LogP contribution in [0.3, 0.4) is 0 Å². The number of aryl methyl sites for hydroxylation is 1. The van der Waals surface area contributed by atoms with E-state index in [0.29, 0.717) is 11.1 Å². The van der Waals surface area contributed by atoms with Crippen molar-refractivity contribution in [1.29, 1.82) is 0 Å². The lowest BCUT2D eigenvalue weighted by molar-refractivity contribution is 0.00578. The summed E-state index contributed by atoms with van der Waals surface area (Å²) in [4.78, 5) is 15.5. The summed E-state index contributed by atoms with van der Waals surface area (Å²) in [5, 5.41) is 0.598. The van der Waals surface area contributed by atoms with E-state index in [9.17, 15) is 4.79 Å². The largest absolute Gasteiger partial charge is 0.498 e. The number of hydrogen-bond donors (Lipinski definition) is 1. The van der Waals surface area contributed by atoms with Crippen molar-refractivity contribution in [3.63, 3.8) is 0 Å². The summed E-state index contributed by atoms with van der Waals surface area (Å²) in [6.07, 6.45) is 0. The normalized spacial score (nSPS) is 19.3. The number of nitrogens with one attached hydrogen (secondary N) is 1. The molecule has 0 bridgehead atoms. The molecule has 1 N–H and O–H groups in total. The number of benzene rings is 1. The van der Waals surface area contributed by atoms with E-state index in [1.54, 1.807) is 19.2 Å². The zero-order chi connectivity index (χ0) is 17.0. The molecule has 1 aromatic heterocycles. The van der Waals surface area contributed by atoms with Crippen LogP contribution in [0.15, 0.2) is 23.0 Å². The number of H-pyrrole nitrogens is 1. The lowest BCUT2D eigenvalue weighted by Crippen LogP contribution is -2.41. The predicted octanol–water partition coefficient (Wildman–Crippen LogP) is 2.14. The fourth-order valence-corrected chi connectivity index (χ4v) is 2.76. The van der Waals surface area contributed by atoms with Crippen molar-refractivity contribution in [3.05, 3.63) is 34.1 Å². The highest BCUT2D eigenvalue weighted by atomic mass is 16.7. The molecule has 1 saturated heterocycles. The average molecular weight is 315 g/mol. The Balaban J connectivity index is 2.16. The lowest BCUT2D eigenvalue weighted by Gasteiger charge is -2.32. The number of hydrogen-bond acceptors (Lipinski definition) is 4. The van der Waals surface area contributed by atoms with Crippen LogP contribution in [0, 0.1) is 6.92 Å². The lowest BCUT2D eigenvalue weighted by atomic mass is 9.77. The summed E-state index contributed by atoms with van der Waals surface area (Å²) in [6.45, 7) is 9.84. The molecule has 1 aromatic carbocycles. The predicted molar refractivity (Wildman–Crippen MR) is 91.6 cm³/mol. The van der Waals surface area contributed by atoms with Gasteiger partial charge in [-0.2, -0.15) is 0 Å². The van der Waals surface area contributed by atoms with Crippen LogP contribution in [-0.4, -0.2) is 30.4 Å². The maximum Gasteiger partial charge on any atom is 0.498 e. The van der Waals surface area contributed by atoms with E-state index >= 15 is 0 Å². The first kappa shape index (κ1) is 16.1. The molecule has 0 atom stereocenters. The Hall–Kier alpha value is -1.79. The molecule has 0 saturated carbocycles. The molecule has 3 rings (SSSR count). The van der Waals surface area contributed by atoms with Gasteiger partial charge >= 0.3 is 7.12 Å². The quantitative estimate of drug-likeness (QED) is 0.863. The molecule has 2 aromatic rings. The molecule has 0 spiro atoms. The highest BCUT2D eigenvalue weighted by Gasteiger charge is 2.52. The zero-order valence-electron chi connectivity index (χ0n) is 14.4. The third-order valence-electron chi connectivity index (χ3n) is 4.82. The molecule has 1 aliphatic rings. The molecule has 0 amide bonds. The molecule has 0 aliphatic carbocycles. The summed E-state index contributed by atoms with van der Waals surface area (Å²) < 4.78 is 17.7. The van der Waals surface area contributed by atoms with Crippen LogP contribution in [-0.2, 0) is 9.31 Å². The Kier molecular flexibility index (Phi) is 3.57. The van der Waals surface area contributed by atoms with Gasteiger partial charge < -0.3 is 19.0 Å². The van der Waals surface area contributed by atoms with E-state index in [4.69, 9.17) is 14.0 Å². The van der Waals surface area contributed by atoms with E-state index in [2.05, 4.69) is 4.98 Å². The van der Waals surface area contributed by atoms with Gasteiger partial charge in [0.25, 0.3) is 0 Å². The number of rotatable bonds is 2. The van der Waals surface area contributed by atoms with E-state index in [0.717, 1.165) is 16.7 Å². The minimum absolute atomic E-state index is 0.0309. The highest BCUT2D eigenvalue weighted by molar-refractivity contribution is 6.63. The molecule has 0 radical (unpaired) electrons. The number of ether oxygens (including phenoxy) is 1. The number of methoxy groups -OCH3 is 1. The van der Waals surface area contributed by atoms with Crippen molar-refractivity contribution in [1.82, 2.24) is 4.98 Å². The van der Waals surface area contributed by atoms with Crippen LogP contribution < -0.4 is 15.6 Å². The van der Waals surface area contributed by atoms with Crippen LogP contribution in [0.5, 0.6) is 5.75 Å².